The Bertz CT molecular complexity index is 2430. The molecule has 0 saturated heterocycles. The second-order valence-corrected chi connectivity index (χ2v) is 20.5. The van der Waals surface area contributed by atoms with Crippen LogP contribution in [0, 0.1) is 11.8 Å². The summed E-state index contributed by atoms with van der Waals surface area (Å²) in [6, 6.07) is 26.9. The molecule has 7 atom stereocenters. The maximum atomic E-state index is 14.1. The van der Waals surface area contributed by atoms with Crippen LogP contribution in [0.4, 0.5) is 0 Å². The molecule has 4 unspecified atom stereocenters. The number of nitrogens with two attached hydrogens (primary N) is 1. The van der Waals surface area contributed by atoms with Crippen LogP contribution in [-0.4, -0.2) is 108 Å². The van der Waals surface area contributed by atoms with Gasteiger partial charge in [-0.25, -0.2) is 0 Å². The van der Waals surface area contributed by atoms with E-state index in [0.29, 0.717) is 16.7 Å². The highest BCUT2D eigenvalue weighted by Gasteiger charge is 2.40. The molecule has 374 valence electrons. The van der Waals surface area contributed by atoms with E-state index in [2.05, 4.69) is 26.6 Å². The number of nitrogens with one attached hydrogen (secondary N) is 5. The summed E-state index contributed by atoms with van der Waals surface area (Å²) in [6.45, 7) is 15.3. The number of hydrogen-bond donors (Lipinski definition) is 10. The molecular formula is C53H72N6O10. The Morgan fingerprint density at radius 2 is 1.01 bits per heavy atom. The van der Waals surface area contributed by atoms with Crippen molar-refractivity contribution in [3.63, 3.8) is 0 Å². The molecule has 3 amide bonds. The van der Waals surface area contributed by atoms with E-state index in [9.17, 15) is 49.2 Å². The summed E-state index contributed by atoms with van der Waals surface area (Å²) in [4.78, 5) is 79.6. The number of fused-ring (bicyclic) bond motifs is 1. The number of carbonyl (C=O) groups is 6. The van der Waals surface area contributed by atoms with Gasteiger partial charge in [-0.05, 0) is 110 Å². The molecule has 4 rings (SSSR count). The summed E-state index contributed by atoms with van der Waals surface area (Å²) < 4.78 is 0. The van der Waals surface area contributed by atoms with E-state index in [0.717, 1.165) is 16.3 Å². The van der Waals surface area contributed by atoms with Gasteiger partial charge in [0.1, 0.15) is 18.5 Å². The van der Waals surface area contributed by atoms with Gasteiger partial charge in [-0.2, -0.15) is 0 Å². The number of carboxylic acids is 1. The van der Waals surface area contributed by atoms with Gasteiger partial charge in [-0.3, -0.25) is 39.4 Å². The molecule has 0 radical (unpaired) electrons. The molecule has 4 aromatic carbocycles. The zero-order chi connectivity index (χ0) is 51.6. The Morgan fingerprint density at radius 1 is 0.551 bits per heavy atom. The molecule has 4 aromatic rings. The van der Waals surface area contributed by atoms with Gasteiger partial charge in [0.05, 0.1) is 34.3 Å². The fraction of sp³-hybridized carbons (Fsp3) is 0.472. The predicted molar refractivity (Wildman–Crippen MR) is 265 cm³/mol. The first-order valence-corrected chi connectivity index (χ1v) is 23.2. The van der Waals surface area contributed by atoms with Crippen molar-refractivity contribution in [1.29, 1.82) is 0 Å². The summed E-state index contributed by atoms with van der Waals surface area (Å²) >= 11 is 0. The molecule has 0 saturated carbocycles. The highest BCUT2D eigenvalue weighted by Crippen LogP contribution is 2.25. The SMILES string of the molecule is CC(N[C@H](O)C(C)(C)NC(=O)C(Cc1ccc(C(=O)c2ccccc2)cc1)C[C@H](O)C(C)(C)NC(=O)C(C)N[C@H](O)C(C)(C)NC(=O)C(CC(=O)C(C)(C)N)Cc1ccc2ccccc2c1)C(=O)O. The smallest absolute Gasteiger partial charge is 0.320 e. The molecule has 0 bridgehead atoms. The maximum absolute atomic E-state index is 14.1. The number of rotatable bonds is 25. The summed E-state index contributed by atoms with van der Waals surface area (Å²) in [5.41, 5.74) is 3.27. The lowest BCUT2D eigenvalue weighted by Gasteiger charge is -2.38. The van der Waals surface area contributed by atoms with Crippen molar-refractivity contribution in [3.8, 4) is 0 Å². The van der Waals surface area contributed by atoms with Gasteiger partial charge in [-0.15, -0.1) is 0 Å². The van der Waals surface area contributed by atoms with Gasteiger partial charge in [-0.1, -0.05) is 97.1 Å². The van der Waals surface area contributed by atoms with Crippen LogP contribution in [0.1, 0.15) is 109 Å². The molecule has 0 aliphatic rings. The first-order valence-electron chi connectivity index (χ1n) is 23.2. The van der Waals surface area contributed by atoms with Crippen LogP contribution >= 0.6 is 0 Å². The highest BCUT2D eigenvalue weighted by molar-refractivity contribution is 6.09. The van der Waals surface area contributed by atoms with Gasteiger partial charge < -0.3 is 42.1 Å². The van der Waals surface area contributed by atoms with E-state index in [4.69, 9.17) is 5.73 Å². The second-order valence-electron chi connectivity index (χ2n) is 20.5. The molecule has 11 N–H and O–H groups in total. The van der Waals surface area contributed by atoms with E-state index in [1.807, 2.05) is 48.5 Å². The number of aliphatic hydroxyl groups excluding tert-OH is 3. The predicted octanol–water partition coefficient (Wildman–Crippen LogP) is 3.90. The molecule has 0 heterocycles. The van der Waals surface area contributed by atoms with Crippen molar-refractivity contribution in [2.75, 3.05) is 0 Å². The van der Waals surface area contributed by atoms with Gasteiger partial charge >= 0.3 is 5.97 Å². The number of aliphatic hydroxyl groups is 3. The molecule has 0 aliphatic carbocycles. The largest absolute Gasteiger partial charge is 0.480 e. The third kappa shape index (κ3) is 15.8. The fourth-order valence-electron chi connectivity index (χ4n) is 7.60. The third-order valence-corrected chi connectivity index (χ3v) is 12.5. The molecule has 0 spiro atoms. The number of carboxylic acid groups (broad SMARTS) is 1. The number of aliphatic carboxylic acids is 1. The lowest BCUT2D eigenvalue weighted by atomic mass is 9.84. The maximum Gasteiger partial charge on any atom is 0.320 e. The summed E-state index contributed by atoms with van der Waals surface area (Å²) in [7, 11) is 0. The van der Waals surface area contributed by atoms with Crippen molar-refractivity contribution in [2.45, 2.75) is 148 Å². The minimum atomic E-state index is -1.48. The van der Waals surface area contributed by atoms with Crippen LogP contribution in [0.15, 0.2) is 97.1 Å². The second kappa shape index (κ2) is 23.2. The number of amides is 3. The number of Topliss-reactive ketones (excluding diaryl/α,β-unsaturated/α-hetero) is 1. The number of carbonyl (C=O) groups excluding carboxylic acids is 5. The summed E-state index contributed by atoms with van der Waals surface area (Å²) in [6.07, 6.45) is -4.35. The van der Waals surface area contributed by atoms with Gasteiger partial charge in [0, 0.05) is 29.4 Å². The van der Waals surface area contributed by atoms with Crippen molar-refractivity contribution in [1.82, 2.24) is 26.6 Å². The van der Waals surface area contributed by atoms with Gasteiger partial charge in [0.15, 0.2) is 11.6 Å². The lowest BCUT2D eigenvalue weighted by Crippen LogP contribution is -2.63. The molecule has 0 fully saturated rings. The normalized spacial score (nSPS) is 15.4. The lowest BCUT2D eigenvalue weighted by molar-refractivity contribution is -0.140. The van der Waals surface area contributed by atoms with E-state index in [-0.39, 0.29) is 37.2 Å². The molecule has 16 nitrogen and oxygen atoms in total. The standard InChI is InChI=1S/C53H72N6O10/c1-31(55-48(68)52(7,8)59-46(65)40(29-41(60)50(3,4)54)28-34-22-23-35-16-14-15-19-38(35)27-34)44(63)57-51(5,6)42(61)30-39(45(64)58-53(9,10)49(69)56-32(2)47(66)67)26-33-20-24-37(25-21-33)43(62)36-17-12-11-13-18-36/h11-25,27,31-32,39-40,42,48-49,55-56,61,68-69H,26,28-30,54H2,1-10H3,(H,57,63)(H,58,64)(H,59,65)(H,66,67)/t31?,32?,39?,40?,42-,48+,49+/m0/s1. The van der Waals surface area contributed by atoms with Crippen LogP contribution < -0.4 is 32.3 Å². The zero-order valence-electron chi connectivity index (χ0n) is 41.4. The number of ketones is 2. The number of hydrogen-bond acceptors (Lipinski definition) is 12. The molecule has 69 heavy (non-hydrogen) atoms. The van der Waals surface area contributed by atoms with E-state index < -0.39 is 88.3 Å². The first kappa shape index (κ1) is 55.7. The van der Waals surface area contributed by atoms with Crippen molar-refractivity contribution in [3.05, 3.63) is 119 Å². The van der Waals surface area contributed by atoms with Crippen molar-refractivity contribution < 1.29 is 49.2 Å². The Hall–Kier alpha value is -5.88. The van der Waals surface area contributed by atoms with E-state index in [1.165, 1.54) is 27.7 Å². The monoisotopic (exact) mass is 953 g/mol. The van der Waals surface area contributed by atoms with Crippen LogP contribution in [0.5, 0.6) is 0 Å². The Morgan fingerprint density at radius 3 is 1.57 bits per heavy atom. The van der Waals surface area contributed by atoms with Crippen molar-refractivity contribution >= 4 is 46.0 Å². The topological polar surface area (TPSA) is 270 Å². The fourth-order valence-corrected chi connectivity index (χ4v) is 7.60. The molecule has 0 aliphatic heterocycles. The number of benzene rings is 4. The third-order valence-electron chi connectivity index (χ3n) is 12.5. The van der Waals surface area contributed by atoms with Crippen molar-refractivity contribution in [2.24, 2.45) is 17.6 Å². The Labute approximate surface area is 405 Å². The Kier molecular flexibility index (Phi) is 18.7. The summed E-state index contributed by atoms with van der Waals surface area (Å²) in [5.74, 6) is -5.19. The molecule has 0 aromatic heterocycles. The quantitative estimate of drug-likeness (QED) is 0.0334. The van der Waals surface area contributed by atoms with Gasteiger partial charge in [0.25, 0.3) is 0 Å². The minimum absolute atomic E-state index is 0.0735. The zero-order valence-corrected chi connectivity index (χ0v) is 41.4. The van der Waals surface area contributed by atoms with E-state index >= 15 is 0 Å². The van der Waals surface area contributed by atoms with Crippen LogP contribution in [-0.2, 0) is 36.8 Å². The van der Waals surface area contributed by atoms with Crippen LogP contribution in [0.3, 0.4) is 0 Å². The van der Waals surface area contributed by atoms with Crippen LogP contribution in [0.2, 0.25) is 0 Å². The summed E-state index contributed by atoms with van der Waals surface area (Å²) in [5, 5.41) is 59.3. The first-order chi connectivity index (χ1) is 32.0. The molecular weight excluding hydrogens is 881 g/mol. The highest BCUT2D eigenvalue weighted by atomic mass is 16.4. The Balaban J connectivity index is 1.47. The molecule has 16 heteroatoms. The minimum Gasteiger partial charge on any atom is -0.480 e. The average Bonchev–Trinajstić information content (AvgIpc) is 3.27. The van der Waals surface area contributed by atoms with E-state index in [1.54, 1.807) is 90.1 Å². The van der Waals surface area contributed by atoms with Crippen LogP contribution in [0.25, 0.3) is 10.8 Å². The van der Waals surface area contributed by atoms with Gasteiger partial charge in [0.2, 0.25) is 17.7 Å². The average molecular weight is 953 g/mol.